The molecule has 3 aliphatic carbocycles. The molecule has 3 atom stereocenters. The lowest BCUT2D eigenvalue weighted by Gasteiger charge is -2.60. The molecule has 108 valence electrons. The maximum atomic E-state index is 5.53. The van der Waals surface area contributed by atoms with Crippen LogP contribution in [0.2, 0.25) is 0 Å². The van der Waals surface area contributed by atoms with Crippen LogP contribution in [-0.4, -0.2) is 0 Å². The van der Waals surface area contributed by atoms with Gasteiger partial charge in [0.15, 0.2) is 0 Å². The topological polar surface area (TPSA) is 0 Å². The van der Waals surface area contributed by atoms with Gasteiger partial charge >= 0.3 is 0 Å². The summed E-state index contributed by atoms with van der Waals surface area (Å²) in [7, 11) is 0. The quantitative estimate of drug-likeness (QED) is 0.705. The first-order valence-corrected chi connectivity index (χ1v) is 8.11. The van der Waals surface area contributed by atoms with E-state index in [1.165, 1.54) is 31.2 Å². The van der Waals surface area contributed by atoms with Crippen molar-refractivity contribution in [2.24, 2.45) is 23.2 Å². The molecule has 0 nitrogen and oxygen atoms in total. The highest BCUT2D eigenvalue weighted by Crippen LogP contribution is 2.62. The monoisotopic (exact) mass is 276 g/mol. The van der Waals surface area contributed by atoms with Crippen molar-refractivity contribution >= 4 is 0 Å². The highest BCUT2D eigenvalue weighted by atomic mass is 14.6. The smallest absolute Gasteiger partial charge is 0.0257 e. The molecule has 21 heavy (non-hydrogen) atoms. The highest BCUT2D eigenvalue weighted by Gasteiger charge is 2.53. The second kappa shape index (κ2) is 5.27. The molecule has 1 aromatic rings. The molecule has 0 saturated heterocycles. The van der Waals surface area contributed by atoms with Crippen LogP contribution in [0, 0.1) is 47.9 Å². The molecule has 0 amide bonds. The summed E-state index contributed by atoms with van der Waals surface area (Å²) >= 11 is 0. The van der Waals surface area contributed by atoms with E-state index in [0.29, 0.717) is 5.41 Å². The maximum Gasteiger partial charge on any atom is 0.0257 e. The lowest BCUT2D eigenvalue weighted by molar-refractivity contribution is -0.106. The molecule has 3 aliphatic rings. The molecule has 0 spiro atoms. The Hall–Kier alpha value is -1.66. The van der Waals surface area contributed by atoms with Crippen LogP contribution in [-0.2, 0) is 6.42 Å². The van der Waals surface area contributed by atoms with Gasteiger partial charge in [-0.25, -0.2) is 0 Å². The fourth-order valence-electron chi connectivity index (χ4n) is 4.66. The summed E-state index contributed by atoms with van der Waals surface area (Å²) in [6.07, 6.45) is 17.7. The lowest BCUT2D eigenvalue weighted by Crippen LogP contribution is -2.52. The zero-order chi connectivity index (χ0) is 15.0. The molecule has 0 heterocycles. The minimum atomic E-state index is 0.577. The average Bonchev–Trinajstić information content (AvgIpc) is 2.52. The van der Waals surface area contributed by atoms with Crippen LogP contribution < -0.4 is 0 Å². The summed E-state index contributed by atoms with van der Waals surface area (Å²) < 4.78 is 0. The van der Waals surface area contributed by atoms with Crippen molar-refractivity contribution in [2.75, 3.05) is 0 Å². The summed E-state index contributed by atoms with van der Waals surface area (Å²) in [6, 6.07) is 6.17. The van der Waals surface area contributed by atoms with Crippen molar-refractivity contribution in [3.8, 4) is 24.7 Å². The fourth-order valence-corrected chi connectivity index (χ4v) is 4.66. The molecule has 0 heteroatoms. The Morgan fingerprint density at radius 3 is 2.29 bits per heavy atom. The molecule has 3 fully saturated rings. The number of benzene rings is 1. The van der Waals surface area contributed by atoms with Crippen LogP contribution in [0.1, 0.15) is 56.2 Å². The number of hydrogen-bond acceptors (Lipinski definition) is 0. The minimum absolute atomic E-state index is 0.577. The number of fused-ring (bicyclic) bond motifs is 2. The van der Waals surface area contributed by atoms with Gasteiger partial charge in [0.1, 0.15) is 0 Å². The Morgan fingerprint density at radius 2 is 1.76 bits per heavy atom. The standard InChI is InChI=1S/C21H24/c1-5-15-11-16(6-2)13-17(12-15)7-8-18-9-10-19-14-20(18)21(19,3)4/h1-2,11-13,18-20H,7-10,14H2,3-4H3/t18?,19-,20-/m0/s1. The third-order valence-electron chi connectivity index (χ3n) is 6.13. The van der Waals surface area contributed by atoms with Crippen molar-refractivity contribution in [3.05, 3.63) is 34.9 Å². The van der Waals surface area contributed by atoms with Gasteiger partial charge in [-0.2, -0.15) is 0 Å². The van der Waals surface area contributed by atoms with Crippen molar-refractivity contribution in [2.45, 2.75) is 46.0 Å². The number of terminal acetylenes is 2. The van der Waals surface area contributed by atoms with Crippen molar-refractivity contribution in [1.82, 2.24) is 0 Å². The van der Waals surface area contributed by atoms with E-state index in [1.54, 1.807) is 0 Å². The first kappa shape index (κ1) is 14.3. The van der Waals surface area contributed by atoms with Crippen LogP contribution in [0.15, 0.2) is 18.2 Å². The fraction of sp³-hybridized carbons (Fsp3) is 0.524. The van der Waals surface area contributed by atoms with E-state index in [2.05, 4.69) is 37.8 Å². The molecule has 0 N–H and O–H groups in total. The summed E-state index contributed by atoms with van der Waals surface area (Å²) in [6.45, 7) is 4.93. The first-order chi connectivity index (χ1) is 10.0. The number of aryl methyl sites for hydroxylation is 1. The van der Waals surface area contributed by atoms with Gasteiger partial charge in [0, 0.05) is 11.1 Å². The molecule has 1 unspecified atom stereocenters. The maximum absolute atomic E-state index is 5.53. The second-order valence-corrected chi connectivity index (χ2v) is 7.44. The van der Waals surface area contributed by atoms with Gasteiger partial charge in [-0.15, -0.1) is 12.8 Å². The van der Waals surface area contributed by atoms with Crippen molar-refractivity contribution in [1.29, 1.82) is 0 Å². The first-order valence-electron chi connectivity index (χ1n) is 8.11. The van der Waals surface area contributed by atoms with Crippen LogP contribution >= 0.6 is 0 Å². The van der Waals surface area contributed by atoms with E-state index in [4.69, 9.17) is 12.8 Å². The molecule has 0 aliphatic heterocycles. The van der Waals surface area contributed by atoms with E-state index in [-0.39, 0.29) is 0 Å². The van der Waals surface area contributed by atoms with E-state index < -0.39 is 0 Å². The Labute approximate surface area is 129 Å². The molecule has 0 radical (unpaired) electrons. The van der Waals surface area contributed by atoms with Crippen molar-refractivity contribution in [3.63, 3.8) is 0 Å². The van der Waals surface area contributed by atoms with Gasteiger partial charge in [0.05, 0.1) is 0 Å². The Kier molecular flexibility index (Phi) is 3.59. The molecule has 4 rings (SSSR count). The van der Waals surface area contributed by atoms with Crippen LogP contribution in [0.4, 0.5) is 0 Å². The Morgan fingerprint density at radius 1 is 1.10 bits per heavy atom. The van der Waals surface area contributed by atoms with Crippen LogP contribution in [0.5, 0.6) is 0 Å². The van der Waals surface area contributed by atoms with E-state index in [1.807, 2.05) is 6.07 Å². The predicted molar refractivity (Wildman–Crippen MR) is 88.7 cm³/mol. The van der Waals surface area contributed by atoms with Gasteiger partial charge in [0.2, 0.25) is 0 Å². The molecule has 2 bridgehead atoms. The summed E-state index contributed by atoms with van der Waals surface area (Å²) in [5.74, 6) is 8.22. The normalized spacial score (nSPS) is 29.0. The molecular formula is C21H24. The zero-order valence-corrected chi connectivity index (χ0v) is 13.2. The largest absolute Gasteiger partial charge is 0.115 e. The van der Waals surface area contributed by atoms with Gasteiger partial charge < -0.3 is 0 Å². The summed E-state index contributed by atoms with van der Waals surface area (Å²) in [5, 5.41) is 0. The Bertz CT molecular complexity index is 586. The lowest BCUT2D eigenvalue weighted by atomic mass is 9.45. The summed E-state index contributed by atoms with van der Waals surface area (Å²) in [5.41, 5.74) is 3.70. The third kappa shape index (κ3) is 2.49. The zero-order valence-electron chi connectivity index (χ0n) is 13.2. The average molecular weight is 276 g/mol. The molecule has 0 aromatic heterocycles. The Balaban J connectivity index is 1.68. The second-order valence-electron chi connectivity index (χ2n) is 7.44. The van der Waals surface area contributed by atoms with E-state index in [0.717, 1.165) is 35.3 Å². The van der Waals surface area contributed by atoms with Gasteiger partial charge in [-0.05, 0) is 79.0 Å². The molecule has 1 aromatic carbocycles. The predicted octanol–water partition coefficient (Wildman–Crippen LogP) is 4.65. The van der Waals surface area contributed by atoms with E-state index in [9.17, 15) is 0 Å². The molecular weight excluding hydrogens is 252 g/mol. The van der Waals surface area contributed by atoms with Gasteiger partial charge in [-0.1, -0.05) is 25.7 Å². The number of hydrogen-bond donors (Lipinski definition) is 0. The van der Waals surface area contributed by atoms with Crippen molar-refractivity contribution < 1.29 is 0 Å². The number of rotatable bonds is 3. The van der Waals surface area contributed by atoms with Gasteiger partial charge in [0.25, 0.3) is 0 Å². The van der Waals surface area contributed by atoms with Crippen LogP contribution in [0.25, 0.3) is 0 Å². The van der Waals surface area contributed by atoms with E-state index >= 15 is 0 Å². The highest BCUT2D eigenvalue weighted by molar-refractivity contribution is 5.45. The third-order valence-corrected chi connectivity index (χ3v) is 6.13. The van der Waals surface area contributed by atoms with Crippen LogP contribution in [0.3, 0.4) is 0 Å². The van der Waals surface area contributed by atoms with Gasteiger partial charge in [-0.3, -0.25) is 0 Å². The minimum Gasteiger partial charge on any atom is -0.115 e. The molecule has 3 saturated carbocycles. The SMILES string of the molecule is C#Cc1cc(C#C)cc(CCC2CC[C@H]3C[C@@H]2C3(C)C)c1. The summed E-state index contributed by atoms with van der Waals surface area (Å²) in [4.78, 5) is 0.